The highest BCUT2D eigenvalue weighted by atomic mass is 35.5. The Balaban J connectivity index is 1.74. The zero-order valence-electron chi connectivity index (χ0n) is 15.8. The van der Waals surface area contributed by atoms with E-state index in [1.165, 1.54) is 18.2 Å². The van der Waals surface area contributed by atoms with Crippen LogP contribution in [0.1, 0.15) is 18.5 Å². The molecule has 2 aromatic carbocycles. The highest BCUT2D eigenvalue weighted by Crippen LogP contribution is 2.32. The summed E-state index contributed by atoms with van der Waals surface area (Å²) in [6.45, 7) is 2.36. The molecule has 0 unspecified atom stereocenters. The first-order valence-corrected chi connectivity index (χ1v) is 11.4. The second-order valence-electron chi connectivity index (χ2n) is 6.56. The van der Waals surface area contributed by atoms with E-state index in [1.54, 1.807) is 19.1 Å². The maximum atomic E-state index is 12.6. The number of carbonyl (C=O) groups is 1. The molecular formula is C19H20Cl2N2O5S. The van der Waals surface area contributed by atoms with Gasteiger partial charge < -0.3 is 14.8 Å². The van der Waals surface area contributed by atoms with Crippen LogP contribution in [0.25, 0.3) is 0 Å². The lowest BCUT2D eigenvalue weighted by Gasteiger charge is -2.24. The van der Waals surface area contributed by atoms with E-state index >= 15 is 0 Å². The third kappa shape index (κ3) is 5.26. The van der Waals surface area contributed by atoms with Gasteiger partial charge in [-0.3, -0.25) is 9.10 Å². The van der Waals surface area contributed by atoms with Gasteiger partial charge in [0.25, 0.3) is 0 Å². The van der Waals surface area contributed by atoms with Crippen molar-refractivity contribution in [1.82, 2.24) is 5.32 Å². The molecule has 0 aromatic heterocycles. The fourth-order valence-corrected chi connectivity index (χ4v) is 4.01. The quantitative estimate of drug-likeness (QED) is 0.716. The minimum atomic E-state index is -3.72. The number of nitrogens with one attached hydrogen (secondary N) is 1. The summed E-state index contributed by atoms with van der Waals surface area (Å²) in [5, 5.41) is 3.29. The molecule has 29 heavy (non-hydrogen) atoms. The Kier molecular flexibility index (Phi) is 6.45. The first-order chi connectivity index (χ1) is 13.6. The number of benzene rings is 2. The molecule has 7 nitrogen and oxygen atoms in total. The monoisotopic (exact) mass is 458 g/mol. The van der Waals surface area contributed by atoms with E-state index in [9.17, 15) is 13.2 Å². The van der Waals surface area contributed by atoms with Crippen molar-refractivity contribution in [3.05, 3.63) is 52.0 Å². The van der Waals surface area contributed by atoms with Gasteiger partial charge in [-0.05, 0) is 42.8 Å². The number of halogens is 2. The molecule has 3 rings (SSSR count). The Morgan fingerprint density at radius 1 is 1.10 bits per heavy atom. The van der Waals surface area contributed by atoms with Crippen LogP contribution in [0, 0.1) is 0 Å². The molecule has 10 heteroatoms. The molecule has 1 atom stereocenters. The summed E-state index contributed by atoms with van der Waals surface area (Å²) in [5.74, 6) is 0.800. The van der Waals surface area contributed by atoms with Crippen LogP contribution >= 0.6 is 23.2 Å². The molecule has 0 spiro atoms. The van der Waals surface area contributed by atoms with Crippen LogP contribution in [0.2, 0.25) is 10.0 Å². The maximum absolute atomic E-state index is 12.6. The minimum Gasteiger partial charge on any atom is -0.486 e. The van der Waals surface area contributed by atoms with Crippen LogP contribution in [0.4, 0.5) is 5.69 Å². The average Bonchev–Trinajstić information content (AvgIpc) is 2.67. The molecule has 0 radical (unpaired) electrons. The Hall–Kier alpha value is -2.16. The Morgan fingerprint density at radius 3 is 2.45 bits per heavy atom. The number of sulfonamides is 1. The van der Waals surface area contributed by atoms with E-state index in [2.05, 4.69) is 5.32 Å². The van der Waals surface area contributed by atoms with E-state index < -0.39 is 22.5 Å². The van der Waals surface area contributed by atoms with E-state index in [4.69, 9.17) is 32.7 Å². The predicted molar refractivity (Wildman–Crippen MR) is 113 cm³/mol. The van der Waals surface area contributed by atoms with E-state index in [0.29, 0.717) is 29.7 Å². The molecule has 156 valence electrons. The topological polar surface area (TPSA) is 84.9 Å². The lowest BCUT2D eigenvalue weighted by atomic mass is 10.1. The number of anilines is 1. The van der Waals surface area contributed by atoms with Crippen molar-refractivity contribution < 1.29 is 22.7 Å². The molecule has 2 aromatic rings. The molecule has 0 saturated heterocycles. The number of ether oxygens (including phenoxy) is 2. The standard InChI is InChI=1S/C19H20Cl2N2O5S/c1-12(13-3-6-17-18(9-13)28-8-7-27-17)22-19(24)11-23(29(2,25)26)14-4-5-15(20)16(21)10-14/h3-6,9-10,12H,7-8,11H2,1-2H3,(H,22,24)/t12-/m1/s1. The Bertz CT molecular complexity index is 1030. The van der Waals surface area contributed by atoms with Gasteiger partial charge in [0.1, 0.15) is 19.8 Å². The van der Waals surface area contributed by atoms with Crippen molar-refractivity contribution >= 4 is 44.8 Å². The molecule has 1 amide bonds. The number of carbonyl (C=O) groups excluding carboxylic acids is 1. The van der Waals surface area contributed by atoms with E-state index in [0.717, 1.165) is 16.1 Å². The molecule has 1 aliphatic heterocycles. The highest BCUT2D eigenvalue weighted by Gasteiger charge is 2.23. The first kappa shape index (κ1) is 21.5. The normalized spacial score (nSPS) is 14.2. The van der Waals surface area contributed by atoms with Gasteiger partial charge in [-0.15, -0.1) is 0 Å². The minimum absolute atomic E-state index is 0.197. The summed E-state index contributed by atoms with van der Waals surface area (Å²) in [4.78, 5) is 12.6. The molecule has 0 aliphatic carbocycles. The average molecular weight is 459 g/mol. The zero-order valence-corrected chi connectivity index (χ0v) is 18.1. The van der Waals surface area contributed by atoms with Crippen LogP contribution in [0.5, 0.6) is 11.5 Å². The summed E-state index contributed by atoms with van der Waals surface area (Å²) in [6, 6.07) is 9.42. The zero-order chi connectivity index (χ0) is 21.2. The second-order valence-corrected chi connectivity index (χ2v) is 9.28. The van der Waals surface area contributed by atoms with Gasteiger partial charge in [0.15, 0.2) is 11.5 Å². The molecule has 1 N–H and O–H groups in total. The molecular weight excluding hydrogens is 439 g/mol. The number of hydrogen-bond acceptors (Lipinski definition) is 5. The fourth-order valence-electron chi connectivity index (χ4n) is 2.87. The van der Waals surface area contributed by atoms with Crippen molar-refractivity contribution in [2.24, 2.45) is 0 Å². The van der Waals surface area contributed by atoms with E-state index in [-0.39, 0.29) is 16.8 Å². The maximum Gasteiger partial charge on any atom is 0.241 e. The number of hydrogen-bond donors (Lipinski definition) is 1. The van der Waals surface area contributed by atoms with Crippen molar-refractivity contribution in [2.45, 2.75) is 13.0 Å². The van der Waals surface area contributed by atoms with Gasteiger partial charge in [-0.2, -0.15) is 0 Å². The van der Waals surface area contributed by atoms with Crippen molar-refractivity contribution in [2.75, 3.05) is 30.3 Å². The SMILES string of the molecule is C[C@@H](NC(=O)CN(c1ccc(Cl)c(Cl)c1)S(C)(=O)=O)c1ccc2c(c1)OCCO2. The first-order valence-electron chi connectivity index (χ1n) is 8.77. The number of nitrogens with zero attached hydrogens (tertiary/aromatic N) is 1. The van der Waals surface area contributed by atoms with Gasteiger partial charge >= 0.3 is 0 Å². The molecule has 1 heterocycles. The summed E-state index contributed by atoms with van der Waals surface area (Å²) in [6.07, 6.45) is 1.02. The fraction of sp³-hybridized carbons (Fsp3) is 0.316. The van der Waals surface area contributed by atoms with Gasteiger partial charge in [0, 0.05) is 0 Å². The summed E-state index contributed by atoms with van der Waals surface area (Å²) >= 11 is 11.9. The second kappa shape index (κ2) is 8.69. The smallest absolute Gasteiger partial charge is 0.241 e. The summed E-state index contributed by atoms with van der Waals surface area (Å²) in [5.41, 5.74) is 1.06. The lowest BCUT2D eigenvalue weighted by Crippen LogP contribution is -2.41. The van der Waals surface area contributed by atoms with Gasteiger partial charge in [0.2, 0.25) is 15.9 Å². The van der Waals surface area contributed by atoms with Crippen molar-refractivity contribution in [3.63, 3.8) is 0 Å². The summed E-state index contributed by atoms with van der Waals surface area (Å²) in [7, 11) is -3.72. The molecule has 0 bridgehead atoms. The van der Waals surface area contributed by atoms with Crippen molar-refractivity contribution in [3.8, 4) is 11.5 Å². The van der Waals surface area contributed by atoms with Crippen LogP contribution in [-0.4, -0.2) is 40.3 Å². The molecule has 1 aliphatic rings. The van der Waals surface area contributed by atoms with Crippen LogP contribution < -0.4 is 19.1 Å². The lowest BCUT2D eigenvalue weighted by molar-refractivity contribution is -0.120. The Labute approximate surface area is 179 Å². The van der Waals surface area contributed by atoms with Crippen LogP contribution in [-0.2, 0) is 14.8 Å². The third-order valence-electron chi connectivity index (χ3n) is 4.32. The van der Waals surface area contributed by atoms with Gasteiger partial charge in [0.05, 0.1) is 28.0 Å². The predicted octanol–water partition coefficient (Wildman–Crippen LogP) is 3.41. The van der Waals surface area contributed by atoms with E-state index in [1.807, 2.05) is 6.07 Å². The van der Waals surface area contributed by atoms with Crippen molar-refractivity contribution in [1.29, 1.82) is 0 Å². The Morgan fingerprint density at radius 2 is 1.79 bits per heavy atom. The number of amides is 1. The highest BCUT2D eigenvalue weighted by molar-refractivity contribution is 7.92. The number of rotatable bonds is 6. The van der Waals surface area contributed by atoms with Gasteiger partial charge in [-0.25, -0.2) is 8.42 Å². The molecule has 0 fully saturated rings. The summed E-state index contributed by atoms with van der Waals surface area (Å²) < 4.78 is 36.5. The molecule has 0 saturated carbocycles. The van der Waals surface area contributed by atoms with Gasteiger partial charge in [-0.1, -0.05) is 29.3 Å². The largest absolute Gasteiger partial charge is 0.486 e. The number of fused-ring (bicyclic) bond motifs is 1. The van der Waals surface area contributed by atoms with Crippen LogP contribution in [0.15, 0.2) is 36.4 Å². The van der Waals surface area contributed by atoms with Crippen LogP contribution in [0.3, 0.4) is 0 Å². The third-order valence-corrected chi connectivity index (χ3v) is 6.20.